The summed E-state index contributed by atoms with van der Waals surface area (Å²) >= 11 is 6.17. The zero-order valence-electron chi connectivity index (χ0n) is 15.1. The second kappa shape index (κ2) is 6.55. The molecule has 7 heteroatoms. The Labute approximate surface area is 160 Å². The number of aromatic nitrogens is 3. The third-order valence-electron chi connectivity index (χ3n) is 4.42. The Hall–Kier alpha value is -3.12. The summed E-state index contributed by atoms with van der Waals surface area (Å²) in [7, 11) is 1.80. The average molecular weight is 381 g/mol. The predicted octanol–water partition coefficient (Wildman–Crippen LogP) is 4.75. The van der Waals surface area contributed by atoms with Gasteiger partial charge in [-0.1, -0.05) is 17.7 Å². The normalized spacial score (nSPS) is 11.1. The molecule has 0 atom stereocenters. The number of nitrogens with one attached hydrogen (secondary N) is 1. The largest absolute Gasteiger partial charge is 0.463 e. The highest BCUT2D eigenvalue weighted by atomic mass is 35.5. The average Bonchev–Trinajstić information content (AvgIpc) is 3.26. The second-order valence-corrected chi connectivity index (χ2v) is 6.77. The van der Waals surface area contributed by atoms with Crippen molar-refractivity contribution < 1.29 is 9.21 Å². The van der Waals surface area contributed by atoms with Gasteiger partial charge in [0.25, 0.3) is 5.91 Å². The van der Waals surface area contributed by atoms with E-state index in [2.05, 4.69) is 15.4 Å². The molecule has 0 bridgehead atoms. The minimum Gasteiger partial charge on any atom is -0.463 e. The first-order valence-electron chi connectivity index (χ1n) is 8.40. The Kier molecular flexibility index (Phi) is 4.20. The SMILES string of the molecule is Cc1ccc(NC(=O)c2cc(-c3ccco3)nc3c2c(C)nn3C)cc1Cl. The molecule has 0 aliphatic carbocycles. The highest BCUT2D eigenvalue weighted by Crippen LogP contribution is 2.28. The molecule has 4 rings (SSSR count). The Morgan fingerprint density at radius 1 is 1.22 bits per heavy atom. The number of aryl methyl sites for hydroxylation is 3. The Bertz CT molecular complexity index is 1160. The molecule has 3 aromatic heterocycles. The van der Waals surface area contributed by atoms with E-state index in [1.807, 2.05) is 26.0 Å². The van der Waals surface area contributed by atoms with Gasteiger partial charge in [-0.05, 0) is 49.7 Å². The third kappa shape index (κ3) is 3.08. The second-order valence-electron chi connectivity index (χ2n) is 6.36. The number of pyridine rings is 1. The van der Waals surface area contributed by atoms with Crippen molar-refractivity contribution in [3.63, 3.8) is 0 Å². The van der Waals surface area contributed by atoms with Crippen molar-refractivity contribution in [1.29, 1.82) is 0 Å². The minimum atomic E-state index is -0.258. The van der Waals surface area contributed by atoms with Crippen LogP contribution in [-0.2, 0) is 7.05 Å². The van der Waals surface area contributed by atoms with Crippen molar-refractivity contribution in [2.75, 3.05) is 5.32 Å². The fraction of sp³-hybridized carbons (Fsp3) is 0.150. The van der Waals surface area contributed by atoms with Crippen LogP contribution in [0.2, 0.25) is 5.02 Å². The number of carbonyl (C=O) groups excluding carboxylic acids is 1. The van der Waals surface area contributed by atoms with E-state index in [1.54, 1.807) is 42.3 Å². The fourth-order valence-electron chi connectivity index (χ4n) is 3.04. The monoisotopic (exact) mass is 380 g/mol. The highest BCUT2D eigenvalue weighted by molar-refractivity contribution is 6.31. The molecule has 0 aliphatic rings. The van der Waals surface area contributed by atoms with Gasteiger partial charge in [-0.15, -0.1) is 0 Å². The lowest BCUT2D eigenvalue weighted by molar-refractivity contribution is 0.102. The van der Waals surface area contributed by atoms with E-state index in [-0.39, 0.29) is 5.91 Å². The summed E-state index contributed by atoms with van der Waals surface area (Å²) in [6.45, 7) is 3.77. The maximum Gasteiger partial charge on any atom is 0.256 e. The van der Waals surface area contributed by atoms with E-state index in [4.69, 9.17) is 16.0 Å². The number of furan rings is 1. The molecule has 0 saturated carbocycles. The van der Waals surface area contributed by atoms with E-state index >= 15 is 0 Å². The van der Waals surface area contributed by atoms with E-state index in [0.29, 0.717) is 38.8 Å². The molecule has 136 valence electrons. The van der Waals surface area contributed by atoms with E-state index in [0.717, 1.165) is 11.3 Å². The molecule has 0 aliphatic heterocycles. The van der Waals surface area contributed by atoms with Crippen molar-refractivity contribution in [3.8, 4) is 11.5 Å². The van der Waals surface area contributed by atoms with Crippen LogP contribution in [0.3, 0.4) is 0 Å². The van der Waals surface area contributed by atoms with Crippen LogP contribution in [0.5, 0.6) is 0 Å². The Morgan fingerprint density at radius 3 is 2.74 bits per heavy atom. The molecule has 4 aromatic rings. The molecule has 0 saturated heterocycles. The van der Waals surface area contributed by atoms with Gasteiger partial charge in [-0.3, -0.25) is 9.48 Å². The molecule has 1 N–H and O–H groups in total. The first-order valence-corrected chi connectivity index (χ1v) is 8.77. The van der Waals surface area contributed by atoms with Gasteiger partial charge in [0.2, 0.25) is 0 Å². The van der Waals surface area contributed by atoms with Gasteiger partial charge in [0.1, 0.15) is 5.69 Å². The van der Waals surface area contributed by atoms with Gasteiger partial charge < -0.3 is 9.73 Å². The number of halogens is 1. The summed E-state index contributed by atoms with van der Waals surface area (Å²) in [6, 6.07) is 10.7. The standard InChI is InChI=1S/C20H17ClN4O2/c1-11-6-7-13(9-15(11)21)22-20(26)14-10-16(17-5-4-8-27-17)23-19-18(14)12(2)24-25(19)3/h4-10H,1-3H3,(H,22,26). The van der Waals surface area contributed by atoms with Crippen LogP contribution < -0.4 is 5.32 Å². The highest BCUT2D eigenvalue weighted by Gasteiger charge is 2.20. The summed E-state index contributed by atoms with van der Waals surface area (Å²) in [5.74, 6) is 0.328. The van der Waals surface area contributed by atoms with E-state index < -0.39 is 0 Å². The predicted molar refractivity (Wildman–Crippen MR) is 105 cm³/mol. The number of rotatable bonds is 3. The smallest absolute Gasteiger partial charge is 0.256 e. The number of hydrogen-bond donors (Lipinski definition) is 1. The number of benzene rings is 1. The number of nitrogens with zero attached hydrogens (tertiary/aromatic N) is 3. The van der Waals surface area contributed by atoms with Gasteiger partial charge in [-0.2, -0.15) is 5.10 Å². The summed E-state index contributed by atoms with van der Waals surface area (Å²) in [5.41, 5.74) is 3.98. The van der Waals surface area contributed by atoms with Crippen LogP contribution in [0, 0.1) is 13.8 Å². The molecular weight excluding hydrogens is 364 g/mol. The minimum absolute atomic E-state index is 0.258. The molecule has 0 fully saturated rings. The van der Waals surface area contributed by atoms with Crippen molar-refractivity contribution in [1.82, 2.24) is 14.8 Å². The van der Waals surface area contributed by atoms with Crippen LogP contribution in [-0.4, -0.2) is 20.7 Å². The van der Waals surface area contributed by atoms with Gasteiger partial charge in [0.05, 0.1) is 22.9 Å². The van der Waals surface area contributed by atoms with E-state index in [9.17, 15) is 4.79 Å². The van der Waals surface area contributed by atoms with Crippen LogP contribution >= 0.6 is 11.6 Å². The molecule has 6 nitrogen and oxygen atoms in total. The number of fused-ring (bicyclic) bond motifs is 1. The van der Waals surface area contributed by atoms with Crippen molar-refractivity contribution >= 4 is 34.2 Å². The lowest BCUT2D eigenvalue weighted by atomic mass is 10.1. The van der Waals surface area contributed by atoms with Crippen molar-refractivity contribution in [2.45, 2.75) is 13.8 Å². The zero-order chi connectivity index (χ0) is 19.1. The van der Waals surface area contributed by atoms with Gasteiger partial charge in [0, 0.05) is 17.8 Å². The first kappa shape index (κ1) is 17.3. The maximum atomic E-state index is 13.1. The number of anilines is 1. The fourth-order valence-corrected chi connectivity index (χ4v) is 3.22. The molecular formula is C20H17ClN4O2. The number of carbonyl (C=O) groups is 1. The van der Waals surface area contributed by atoms with Gasteiger partial charge in [-0.25, -0.2) is 4.98 Å². The molecule has 1 amide bonds. The number of amides is 1. The molecule has 0 spiro atoms. The molecule has 3 heterocycles. The maximum absolute atomic E-state index is 13.1. The Morgan fingerprint density at radius 2 is 2.04 bits per heavy atom. The Balaban J connectivity index is 1.83. The molecule has 27 heavy (non-hydrogen) atoms. The van der Waals surface area contributed by atoms with E-state index in [1.165, 1.54) is 0 Å². The van der Waals surface area contributed by atoms with Gasteiger partial charge in [0.15, 0.2) is 11.4 Å². The first-order chi connectivity index (χ1) is 12.9. The van der Waals surface area contributed by atoms with Gasteiger partial charge >= 0.3 is 0 Å². The van der Waals surface area contributed by atoms with Crippen LogP contribution in [0.25, 0.3) is 22.5 Å². The topological polar surface area (TPSA) is 73.0 Å². The summed E-state index contributed by atoms with van der Waals surface area (Å²) < 4.78 is 7.12. The quantitative estimate of drug-likeness (QED) is 0.556. The summed E-state index contributed by atoms with van der Waals surface area (Å²) in [6.07, 6.45) is 1.57. The lowest BCUT2D eigenvalue weighted by Gasteiger charge is -2.09. The summed E-state index contributed by atoms with van der Waals surface area (Å²) in [4.78, 5) is 17.7. The third-order valence-corrected chi connectivity index (χ3v) is 4.82. The van der Waals surface area contributed by atoms with Crippen LogP contribution in [0.4, 0.5) is 5.69 Å². The molecule has 1 aromatic carbocycles. The molecule has 0 radical (unpaired) electrons. The zero-order valence-corrected chi connectivity index (χ0v) is 15.8. The molecule has 0 unspecified atom stereocenters. The van der Waals surface area contributed by atoms with Crippen LogP contribution in [0.15, 0.2) is 47.1 Å². The van der Waals surface area contributed by atoms with Crippen molar-refractivity contribution in [3.05, 3.63) is 64.5 Å². The number of hydrogen-bond acceptors (Lipinski definition) is 4. The van der Waals surface area contributed by atoms with Crippen molar-refractivity contribution in [2.24, 2.45) is 7.05 Å². The van der Waals surface area contributed by atoms with Crippen LogP contribution in [0.1, 0.15) is 21.6 Å². The lowest BCUT2D eigenvalue weighted by Crippen LogP contribution is -2.13. The summed E-state index contributed by atoms with van der Waals surface area (Å²) in [5, 5.41) is 8.63.